The van der Waals surface area contributed by atoms with Gasteiger partial charge in [0.05, 0.1) is 0 Å². The summed E-state index contributed by atoms with van der Waals surface area (Å²) in [5.41, 5.74) is 0. The van der Waals surface area contributed by atoms with Crippen molar-refractivity contribution in [1.29, 1.82) is 0 Å². The molecule has 0 spiro atoms. The number of rotatable bonds is 9. The van der Waals surface area contributed by atoms with E-state index in [1.165, 1.54) is 25.7 Å². The van der Waals surface area contributed by atoms with Gasteiger partial charge in [-0.1, -0.05) is 52.4 Å². The summed E-state index contributed by atoms with van der Waals surface area (Å²) in [6.45, 7) is 4.31. The SMILES string of the molecule is CCCCCCCC(CCC)C(=O)Cl. The zero-order valence-electron chi connectivity index (χ0n) is 9.52. The second kappa shape index (κ2) is 9.51. The molecule has 0 aliphatic rings. The van der Waals surface area contributed by atoms with E-state index >= 15 is 0 Å². The van der Waals surface area contributed by atoms with Gasteiger partial charge in [-0.25, -0.2) is 0 Å². The topological polar surface area (TPSA) is 17.1 Å². The molecule has 0 radical (unpaired) electrons. The van der Waals surface area contributed by atoms with Crippen LogP contribution < -0.4 is 0 Å². The predicted octanol–water partition coefficient (Wildman–Crippen LogP) is 4.53. The first-order valence-corrected chi connectivity index (χ1v) is 6.29. The molecule has 0 aromatic heterocycles. The van der Waals surface area contributed by atoms with Crippen LogP contribution in [0, 0.1) is 5.92 Å². The molecule has 1 nitrogen and oxygen atoms in total. The third-order valence-corrected chi connectivity index (χ3v) is 2.92. The van der Waals surface area contributed by atoms with Gasteiger partial charge in [0.2, 0.25) is 5.24 Å². The lowest BCUT2D eigenvalue weighted by Crippen LogP contribution is -2.08. The van der Waals surface area contributed by atoms with Crippen LogP contribution in [0.3, 0.4) is 0 Å². The molecule has 0 heterocycles. The van der Waals surface area contributed by atoms with Crippen molar-refractivity contribution in [2.24, 2.45) is 5.92 Å². The summed E-state index contributed by atoms with van der Waals surface area (Å²) in [6.07, 6.45) is 9.28. The normalized spacial score (nSPS) is 12.8. The van der Waals surface area contributed by atoms with E-state index in [2.05, 4.69) is 13.8 Å². The molecule has 84 valence electrons. The Labute approximate surface area is 93.2 Å². The maximum absolute atomic E-state index is 11.0. The smallest absolute Gasteiger partial charge is 0.224 e. The summed E-state index contributed by atoms with van der Waals surface area (Å²) >= 11 is 5.52. The van der Waals surface area contributed by atoms with Crippen LogP contribution in [0.15, 0.2) is 0 Å². The molecule has 0 rings (SSSR count). The molecule has 0 aliphatic carbocycles. The first-order chi connectivity index (χ1) is 6.72. The quantitative estimate of drug-likeness (QED) is 0.411. The van der Waals surface area contributed by atoms with Crippen molar-refractivity contribution in [1.82, 2.24) is 0 Å². The Morgan fingerprint density at radius 3 is 2.14 bits per heavy atom. The molecule has 14 heavy (non-hydrogen) atoms. The van der Waals surface area contributed by atoms with Crippen molar-refractivity contribution in [3.8, 4) is 0 Å². The average Bonchev–Trinajstić information content (AvgIpc) is 2.15. The molecule has 0 aromatic carbocycles. The fraction of sp³-hybridized carbons (Fsp3) is 0.917. The Morgan fingerprint density at radius 1 is 1.00 bits per heavy atom. The van der Waals surface area contributed by atoms with Gasteiger partial charge >= 0.3 is 0 Å². The predicted molar refractivity (Wildman–Crippen MR) is 62.6 cm³/mol. The molecule has 1 unspecified atom stereocenters. The summed E-state index contributed by atoms with van der Waals surface area (Å²) in [7, 11) is 0. The van der Waals surface area contributed by atoms with Gasteiger partial charge < -0.3 is 0 Å². The van der Waals surface area contributed by atoms with Crippen molar-refractivity contribution in [3.63, 3.8) is 0 Å². The van der Waals surface area contributed by atoms with Crippen molar-refractivity contribution in [2.75, 3.05) is 0 Å². The Bertz CT molecular complexity index is 145. The zero-order valence-corrected chi connectivity index (χ0v) is 10.3. The van der Waals surface area contributed by atoms with Gasteiger partial charge in [0.25, 0.3) is 0 Å². The molecule has 0 aliphatic heterocycles. The number of hydrogen-bond acceptors (Lipinski definition) is 1. The van der Waals surface area contributed by atoms with Crippen LogP contribution in [0.5, 0.6) is 0 Å². The summed E-state index contributed by atoms with van der Waals surface area (Å²) in [5, 5.41) is -0.137. The van der Waals surface area contributed by atoms with E-state index in [0.29, 0.717) is 0 Å². The standard InChI is InChI=1S/C12H23ClO/c1-3-5-6-7-8-10-11(9-4-2)12(13)14/h11H,3-10H2,1-2H3. The number of halogens is 1. The van der Waals surface area contributed by atoms with Crippen LogP contribution in [0.1, 0.15) is 65.2 Å². The summed E-state index contributed by atoms with van der Waals surface area (Å²) in [6, 6.07) is 0. The van der Waals surface area contributed by atoms with E-state index < -0.39 is 0 Å². The van der Waals surface area contributed by atoms with Crippen LogP contribution in [0.2, 0.25) is 0 Å². The monoisotopic (exact) mass is 218 g/mol. The van der Waals surface area contributed by atoms with Crippen LogP contribution in [-0.2, 0) is 4.79 Å². The second-order valence-electron chi connectivity index (χ2n) is 3.99. The van der Waals surface area contributed by atoms with Gasteiger partial charge in [-0.15, -0.1) is 0 Å². The van der Waals surface area contributed by atoms with Gasteiger partial charge in [0, 0.05) is 5.92 Å². The van der Waals surface area contributed by atoms with Crippen molar-refractivity contribution >= 4 is 16.8 Å². The van der Waals surface area contributed by atoms with Gasteiger partial charge in [0.1, 0.15) is 0 Å². The number of carbonyl (C=O) groups excluding carboxylic acids is 1. The highest BCUT2D eigenvalue weighted by Gasteiger charge is 2.13. The lowest BCUT2D eigenvalue weighted by atomic mass is 9.97. The Morgan fingerprint density at radius 2 is 1.64 bits per heavy atom. The lowest BCUT2D eigenvalue weighted by molar-refractivity contribution is -0.115. The van der Waals surface area contributed by atoms with Crippen LogP contribution in [0.25, 0.3) is 0 Å². The Balaban J connectivity index is 3.46. The molecular weight excluding hydrogens is 196 g/mol. The highest BCUT2D eigenvalue weighted by atomic mass is 35.5. The number of carbonyl (C=O) groups is 1. The minimum absolute atomic E-state index is 0.114. The average molecular weight is 219 g/mol. The van der Waals surface area contributed by atoms with Gasteiger partial charge in [0.15, 0.2) is 0 Å². The summed E-state index contributed by atoms with van der Waals surface area (Å²) in [5.74, 6) is 0.114. The van der Waals surface area contributed by atoms with Crippen LogP contribution >= 0.6 is 11.6 Å². The van der Waals surface area contributed by atoms with E-state index in [1.54, 1.807) is 0 Å². The summed E-state index contributed by atoms with van der Waals surface area (Å²) in [4.78, 5) is 11.0. The van der Waals surface area contributed by atoms with Gasteiger partial charge in [-0.3, -0.25) is 4.79 Å². The van der Waals surface area contributed by atoms with E-state index in [-0.39, 0.29) is 11.2 Å². The van der Waals surface area contributed by atoms with E-state index in [4.69, 9.17) is 11.6 Å². The third kappa shape index (κ3) is 7.37. The summed E-state index contributed by atoms with van der Waals surface area (Å²) < 4.78 is 0. The van der Waals surface area contributed by atoms with E-state index in [1.807, 2.05) is 0 Å². The fourth-order valence-corrected chi connectivity index (χ4v) is 1.93. The highest BCUT2D eigenvalue weighted by molar-refractivity contribution is 6.63. The Kier molecular flexibility index (Phi) is 9.49. The first-order valence-electron chi connectivity index (χ1n) is 5.91. The molecule has 0 amide bonds. The first kappa shape index (κ1) is 14.0. The van der Waals surface area contributed by atoms with E-state index in [0.717, 1.165) is 25.7 Å². The Hall–Kier alpha value is -0.0400. The molecule has 0 saturated heterocycles. The van der Waals surface area contributed by atoms with Gasteiger partial charge in [-0.05, 0) is 24.4 Å². The number of unbranched alkanes of at least 4 members (excludes halogenated alkanes) is 4. The second-order valence-corrected chi connectivity index (χ2v) is 4.37. The lowest BCUT2D eigenvalue weighted by Gasteiger charge is -2.10. The van der Waals surface area contributed by atoms with Crippen molar-refractivity contribution in [2.45, 2.75) is 65.2 Å². The van der Waals surface area contributed by atoms with Crippen molar-refractivity contribution in [3.05, 3.63) is 0 Å². The largest absolute Gasteiger partial charge is 0.281 e. The van der Waals surface area contributed by atoms with Crippen molar-refractivity contribution < 1.29 is 4.79 Å². The molecule has 0 fully saturated rings. The maximum atomic E-state index is 11.0. The number of hydrogen-bond donors (Lipinski definition) is 0. The highest BCUT2D eigenvalue weighted by Crippen LogP contribution is 2.18. The third-order valence-electron chi connectivity index (χ3n) is 2.61. The minimum Gasteiger partial charge on any atom is -0.281 e. The molecule has 0 saturated carbocycles. The van der Waals surface area contributed by atoms with E-state index in [9.17, 15) is 4.79 Å². The maximum Gasteiger partial charge on any atom is 0.224 e. The van der Waals surface area contributed by atoms with Crippen LogP contribution in [-0.4, -0.2) is 5.24 Å². The molecule has 1 atom stereocenters. The molecular formula is C12H23ClO. The molecule has 2 heteroatoms. The fourth-order valence-electron chi connectivity index (χ4n) is 1.71. The van der Waals surface area contributed by atoms with Crippen LogP contribution in [0.4, 0.5) is 0 Å². The zero-order chi connectivity index (χ0) is 10.8. The van der Waals surface area contributed by atoms with Gasteiger partial charge in [-0.2, -0.15) is 0 Å². The molecule has 0 aromatic rings. The minimum atomic E-state index is -0.137. The molecule has 0 bridgehead atoms. The molecule has 0 N–H and O–H groups in total.